The molecule has 0 aromatic carbocycles. The molecule has 6 heteroatoms. The molecule has 0 aliphatic carbocycles. The highest BCUT2D eigenvalue weighted by atomic mass is 16.5. The van der Waals surface area contributed by atoms with E-state index in [1.807, 2.05) is 6.08 Å². The lowest BCUT2D eigenvalue weighted by Crippen LogP contribution is -2.46. The molecule has 382 valence electrons. The second kappa shape index (κ2) is 53.3. The van der Waals surface area contributed by atoms with E-state index in [0.29, 0.717) is 19.3 Å². The second-order valence-electron chi connectivity index (χ2n) is 19.0. The molecule has 0 radical (unpaired) electrons. The lowest BCUT2D eigenvalue weighted by Gasteiger charge is -2.24. The Kier molecular flexibility index (Phi) is 51.1. The van der Waals surface area contributed by atoms with Crippen LogP contribution in [-0.4, -0.2) is 46.9 Å². The molecule has 0 spiro atoms. The fraction of sp³-hybridized carbons (Fsp3) is 0.767. The van der Waals surface area contributed by atoms with Crippen LogP contribution in [0.3, 0.4) is 0 Å². The fourth-order valence-corrected chi connectivity index (χ4v) is 8.34. The van der Waals surface area contributed by atoms with Crippen LogP contribution in [0.25, 0.3) is 0 Å². The maximum absolute atomic E-state index is 13.2. The molecule has 0 aromatic heterocycles. The summed E-state index contributed by atoms with van der Waals surface area (Å²) in [4.78, 5) is 26.2. The summed E-state index contributed by atoms with van der Waals surface area (Å²) in [5.74, 6) is -0.566. The SMILES string of the molecule is CC/C=C\C/C=C\C/C=C\C/C=C\C/C=C\C/C=C\CCC(=O)OC(CCCCCCCCCCCCCCCC)CC(=O)NC(CO)C(O)CCCCCCCCCCCCCCCC. The highest BCUT2D eigenvalue weighted by Crippen LogP contribution is 2.18. The van der Waals surface area contributed by atoms with Gasteiger partial charge in [-0.25, -0.2) is 0 Å². The molecule has 0 saturated carbocycles. The number of esters is 1. The Balaban J connectivity index is 4.66. The first-order valence-corrected chi connectivity index (χ1v) is 28.2. The molecular weight excluding hydrogens is 815 g/mol. The van der Waals surface area contributed by atoms with Crippen LogP contribution in [0.4, 0.5) is 0 Å². The molecule has 3 unspecified atom stereocenters. The van der Waals surface area contributed by atoms with Gasteiger partial charge in [0.05, 0.1) is 25.2 Å². The van der Waals surface area contributed by atoms with Crippen LogP contribution in [0.1, 0.15) is 271 Å². The van der Waals surface area contributed by atoms with Crippen molar-refractivity contribution in [1.29, 1.82) is 0 Å². The van der Waals surface area contributed by atoms with Gasteiger partial charge in [-0.15, -0.1) is 0 Å². The summed E-state index contributed by atoms with van der Waals surface area (Å²) in [7, 11) is 0. The van der Waals surface area contributed by atoms with E-state index < -0.39 is 18.2 Å². The van der Waals surface area contributed by atoms with Gasteiger partial charge in [0.25, 0.3) is 0 Å². The van der Waals surface area contributed by atoms with Crippen LogP contribution in [0, 0.1) is 0 Å². The number of unbranched alkanes of at least 4 members (excludes halogenated alkanes) is 26. The highest BCUT2D eigenvalue weighted by Gasteiger charge is 2.24. The third-order valence-electron chi connectivity index (χ3n) is 12.6. The summed E-state index contributed by atoms with van der Waals surface area (Å²) in [6.45, 7) is 6.37. The quantitative estimate of drug-likeness (QED) is 0.0321. The number of rotatable bonds is 50. The van der Waals surface area contributed by atoms with E-state index in [9.17, 15) is 19.8 Å². The maximum atomic E-state index is 13.2. The number of ether oxygens (including phenoxy) is 1. The lowest BCUT2D eigenvalue weighted by molar-refractivity contribution is -0.150. The Bertz CT molecular complexity index is 1220. The van der Waals surface area contributed by atoms with Gasteiger partial charge in [-0.3, -0.25) is 9.59 Å². The van der Waals surface area contributed by atoms with E-state index >= 15 is 0 Å². The molecule has 1 amide bonds. The molecule has 0 heterocycles. The van der Waals surface area contributed by atoms with Crippen molar-refractivity contribution in [1.82, 2.24) is 5.32 Å². The maximum Gasteiger partial charge on any atom is 0.306 e. The number of allylic oxidation sites excluding steroid dienone is 12. The molecule has 0 aliphatic heterocycles. The predicted molar refractivity (Wildman–Crippen MR) is 287 cm³/mol. The van der Waals surface area contributed by atoms with Crippen LogP contribution in [0.15, 0.2) is 72.9 Å². The Morgan fingerprint density at radius 2 is 0.788 bits per heavy atom. The van der Waals surface area contributed by atoms with Crippen LogP contribution < -0.4 is 5.32 Å². The zero-order chi connectivity index (χ0) is 48.1. The van der Waals surface area contributed by atoms with Gasteiger partial charge < -0.3 is 20.3 Å². The van der Waals surface area contributed by atoms with Crippen molar-refractivity contribution < 1.29 is 24.5 Å². The van der Waals surface area contributed by atoms with Gasteiger partial charge >= 0.3 is 5.97 Å². The zero-order valence-electron chi connectivity index (χ0n) is 43.6. The average molecular weight is 923 g/mol. The third-order valence-corrected chi connectivity index (χ3v) is 12.6. The van der Waals surface area contributed by atoms with Crippen molar-refractivity contribution >= 4 is 11.9 Å². The smallest absolute Gasteiger partial charge is 0.306 e. The van der Waals surface area contributed by atoms with Gasteiger partial charge in [-0.2, -0.15) is 0 Å². The van der Waals surface area contributed by atoms with E-state index in [2.05, 4.69) is 92.9 Å². The Labute approximate surface area is 409 Å². The van der Waals surface area contributed by atoms with Gasteiger partial charge in [0.15, 0.2) is 0 Å². The minimum atomic E-state index is -0.801. The summed E-state index contributed by atoms with van der Waals surface area (Å²) >= 11 is 0. The predicted octanol–water partition coefficient (Wildman–Crippen LogP) is 17.3. The summed E-state index contributed by atoms with van der Waals surface area (Å²) in [6.07, 6.45) is 68.3. The highest BCUT2D eigenvalue weighted by molar-refractivity contribution is 5.77. The molecule has 0 fully saturated rings. The summed E-state index contributed by atoms with van der Waals surface area (Å²) in [5.41, 5.74) is 0. The molecule has 0 rings (SSSR count). The molecule has 3 N–H and O–H groups in total. The molecule has 0 bridgehead atoms. The first-order chi connectivity index (χ1) is 32.5. The normalized spacial score (nSPS) is 13.7. The molecule has 0 aromatic rings. The standard InChI is InChI=1S/C60H107NO5/c1-4-7-10-13-16-19-22-25-28-29-30-31-32-35-38-41-44-47-50-53-60(65)66-56(51-48-45-42-39-36-33-26-23-20-17-14-11-8-5-2)54-59(64)61-57(55-62)58(63)52-49-46-43-40-37-34-27-24-21-18-15-12-9-6-3/h7,10,16,19,25,28,30-31,35,38,44,47,56-58,62-63H,4-6,8-9,11-15,17-18,20-24,26-27,29,32-34,36-37,39-43,45-46,48-55H2,1-3H3,(H,61,64)/b10-7-,19-16-,28-25-,31-30-,38-35-,47-44-. The molecule has 66 heavy (non-hydrogen) atoms. The van der Waals surface area contributed by atoms with E-state index in [0.717, 1.165) is 77.0 Å². The van der Waals surface area contributed by atoms with E-state index in [-0.39, 0.29) is 31.3 Å². The number of hydrogen-bond acceptors (Lipinski definition) is 5. The molecular formula is C60H107NO5. The summed E-state index contributed by atoms with van der Waals surface area (Å²) in [5, 5.41) is 23.8. The number of amides is 1. The number of hydrogen-bond donors (Lipinski definition) is 3. The number of nitrogens with one attached hydrogen (secondary N) is 1. The largest absolute Gasteiger partial charge is 0.462 e. The van der Waals surface area contributed by atoms with Crippen LogP contribution >= 0.6 is 0 Å². The summed E-state index contributed by atoms with van der Waals surface area (Å²) < 4.78 is 5.91. The number of aliphatic hydroxyl groups excluding tert-OH is 2. The first kappa shape index (κ1) is 63.3. The Hall–Kier alpha value is -2.70. The van der Waals surface area contributed by atoms with E-state index in [1.54, 1.807) is 0 Å². The minimum Gasteiger partial charge on any atom is -0.462 e. The molecule has 0 saturated heterocycles. The third kappa shape index (κ3) is 47.8. The average Bonchev–Trinajstić information content (AvgIpc) is 3.31. The second-order valence-corrected chi connectivity index (χ2v) is 19.0. The molecule has 6 nitrogen and oxygen atoms in total. The van der Waals surface area contributed by atoms with Crippen LogP contribution in [-0.2, 0) is 14.3 Å². The Morgan fingerprint density at radius 1 is 0.455 bits per heavy atom. The summed E-state index contributed by atoms with van der Waals surface area (Å²) in [6, 6.07) is -0.718. The Morgan fingerprint density at radius 3 is 1.15 bits per heavy atom. The number of carbonyl (C=O) groups excluding carboxylic acids is 2. The van der Waals surface area contributed by atoms with Gasteiger partial charge in [0, 0.05) is 6.42 Å². The van der Waals surface area contributed by atoms with Gasteiger partial charge in [0.2, 0.25) is 5.91 Å². The topological polar surface area (TPSA) is 95.9 Å². The zero-order valence-corrected chi connectivity index (χ0v) is 43.6. The number of aliphatic hydroxyl groups is 2. The first-order valence-electron chi connectivity index (χ1n) is 28.2. The van der Waals surface area contributed by atoms with Crippen molar-refractivity contribution in [2.75, 3.05) is 6.61 Å². The van der Waals surface area contributed by atoms with E-state index in [4.69, 9.17) is 4.74 Å². The van der Waals surface area contributed by atoms with Crippen molar-refractivity contribution in [2.45, 2.75) is 289 Å². The molecule has 0 aliphatic rings. The fourth-order valence-electron chi connectivity index (χ4n) is 8.34. The van der Waals surface area contributed by atoms with Crippen molar-refractivity contribution in [3.8, 4) is 0 Å². The van der Waals surface area contributed by atoms with Crippen LogP contribution in [0.2, 0.25) is 0 Å². The lowest BCUT2D eigenvalue weighted by atomic mass is 10.0. The van der Waals surface area contributed by atoms with Gasteiger partial charge in [-0.05, 0) is 64.2 Å². The van der Waals surface area contributed by atoms with Gasteiger partial charge in [-0.1, -0.05) is 267 Å². The monoisotopic (exact) mass is 922 g/mol. The number of carbonyl (C=O) groups is 2. The van der Waals surface area contributed by atoms with Crippen molar-refractivity contribution in [2.24, 2.45) is 0 Å². The molecule has 3 atom stereocenters. The van der Waals surface area contributed by atoms with Crippen molar-refractivity contribution in [3.63, 3.8) is 0 Å². The van der Waals surface area contributed by atoms with E-state index in [1.165, 1.54) is 141 Å². The van der Waals surface area contributed by atoms with Crippen LogP contribution in [0.5, 0.6) is 0 Å². The van der Waals surface area contributed by atoms with Gasteiger partial charge in [0.1, 0.15) is 6.10 Å². The van der Waals surface area contributed by atoms with Crippen molar-refractivity contribution in [3.05, 3.63) is 72.9 Å². The minimum absolute atomic E-state index is 0.0478.